The summed E-state index contributed by atoms with van der Waals surface area (Å²) >= 11 is 0. The van der Waals surface area contributed by atoms with Crippen molar-refractivity contribution in [2.24, 2.45) is 0 Å². The molecule has 2 heterocycles. The average molecular weight is 384 g/mol. The fraction of sp³-hybridized carbons (Fsp3) is 0.263. The van der Waals surface area contributed by atoms with E-state index in [0.29, 0.717) is 12.1 Å². The van der Waals surface area contributed by atoms with Crippen LogP contribution >= 0.6 is 0 Å². The zero-order valence-corrected chi connectivity index (χ0v) is 16.0. The Hall–Kier alpha value is -3.05. The summed E-state index contributed by atoms with van der Waals surface area (Å²) in [5.41, 5.74) is 1.40. The molecule has 0 unspecified atom stereocenters. The number of hydrogen-bond donors (Lipinski definition) is 1. The molecule has 3 rings (SSSR count). The fourth-order valence-electron chi connectivity index (χ4n) is 3.11. The molecule has 1 fully saturated rings. The van der Waals surface area contributed by atoms with Gasteiger partial charge in [0.05, 0.1) is 4.90 Å². The quantitative estimate of drug-likeness (QED) is 0.615. The van der Waals surface area contributed by atoms with Crippen LogP contribution in [0.1, 0.15) is 0 Å². The predicted molar refractivity (Wildman–Crippen MR) is 101 cm³/mol. The normalized spacial score (nSPS) is 17.0. The molecule has 8 heteroatoms. The summed E-state index contributed by atoms with van der Waals surface area (Å²) in [5, 5.41) is 12.4. The van der Waals surface area contributed by atoms with Crippen molar-refractivity contribution in [3.8, 4) is 6.07 Å². The van der Waals surface area contributed by atoms with Crippen LogP contribution in [-0.4, -0.2) is 57.9 Å². The molecule has 0 bridgehead atoms. The van der Waals surface area contributed by atoms with Crippen LogP contribution in [0.25, 0.3) is 0 Å². The molecule has 2 aliphatic heterocycles. The second kappa shape index (κ2) is 7.29. The number of nitrogens with zero attached hydrogens (tertiary/aromatic N) is 3. The Morgan fingerprint density at radius 2 is 1.96 bits per heavy atom. The highest BCUT2D eigenvalue weighted by Crippen LogP contribution is 2.32. The van der Waals surface area contributed by atoms with Crippen LogP contribution in [0.3, 0.4) is 0 Å². The zero-order chi connectivity index (χ0) is 19.6. The maximum Gasteiger partial charge on any atom is 0.266 e. The number of sulfone groups is 1. The van der Waals surface area contributed by atoms with Gasteiger partial charge in [-0.2, -0.15) is 5.26 Å². The number of rotatable bonds is 4. The molecule has 1 amide bonds. The van der Waals surface area contributed by atoms with E-state index in [4.69, 9.17) is 0 Å². The molecule has 1 aromatic rings. The number of nitriles is 1. The first-order valence-corrected chi connectivity index (χ1v) is 9.87. The Morgan fingerprint density at radius 3 is 2.59 bits per heavy atom. The molecule has 7 nitrogen and oxygen atoms in total. The Balaban J connectivity index is 1.97. The lowest BCUT2D eigenvalue weighted by molar-refractivity contribution is -0.125. The molecular weight excluding hydrogens is 364 g/mol. The number of dihydropyridines is 1. The van der Waals surface area contributed by atoms with E-state index in [9.17, 15) is 18.5 Å². The van der Waals surface area contributed by atoms with Crippen LogP contribution < -0.4 is 5.32 Å². The van der Waals surface area contributed by atoms with Gasteiger partial charge in [-0.1, -0.05) is 24.3 Å². The van der Waals surface area contributed by atoms with Crippen molar-refractivity contribution in [1.82, 2.24) is 15.1 Å². The molecule has 2 aliphatic rings. The van der Waals surface area contributed by atoms with Gasteiger partial charge in [0, 0.05) is 45.5 Å². The molecule has 1 saturated heterocycles. The molecule has 0 aromatic heterocycles. The molecule has 0 radical (unpaired) electrons. The van der Waals surface area contributed by atoms with Crippen molar-refractivity contribution < 1.29 is 13.2 Å². The van der Waals surface area contributed by atoms with Gasteiger partial charge in [-0.25, -0.2) is 8.42 Å². The first-order valence-electron chi connectivity index (χ1n) is 8.38. The van der Waals surface area contributed by atoms with Gasteiger partial charge in [-0.3, -0.25) is 4.79 Å². The Labute approximate surface area is 158 Å². The maximum atomic E-state index is 13.0. The second-order valence-corrected chi connectivity index (χ2v) is 8.40. The van der Waals surface area contributed by atoms with Crippen LogP contribution in [0.5, 0.6) is 0 Å². The summed E-state index contributed by atoms with van der Waals surface area (Å²) in [5.74, 6) is -0.412. The van der Waals surface area contributed by atoms with Gasteiger partial charge in [-0.15, -0.1) is 0 Å². The number of fused-ring (bicyclic) bond motifs is 1. The van der Waals surface area contributed by atoms with E-state index in [-0.39, 0.29) is 28.6 Å². The van der Waals surface area contributed by atoms with E-state index in [0.717, 1.165) is 5.57 Å². The number of amides is 1. The zero-order valence-electron chi connectivity index (χ0n) is 15.1. The molecule has 0 spiro atoms. The van der Waals surface area contributed by atoms with E-state index < -0.39 is 15.7 Å². The van der Waals surface area contributed by atoms with Crippen molar-refractivity contribution in [2.75, 3.05) is 33.7 Å². The minimum Gasteiger partial charge on any atom is -0.382 e. The SMILES string of the molecule is CN(C)C=C(C#N)C(=O)N1CC2=CCNC(S(=O)(=O)c3ccccc3)=C2C1. The number of nitrogens with one attached hydrogen (secondary N) is 1. The number of likely N-dealkylation sites (tertiary alicyclic amines) is 1. The lowest BCUT2D eigenvalue weighted by atomic mass is 10.1. The van der Waals surface area contributed by atoms with E-state index in [1.165, 1.54) is 11.1 Å². The third kappa shape index (κ3) is 3.59. The first kappa shape index (κ1) is 18.7. The fourth-order valence-corrected chi connectivity index (χ4v) is 4.65. The Bertz CT molecular complexity index is 999. The lowest BCUT2D eigenvalue weighted by Crippen LogP contribution is -2.30. The number of carbonyl (C=O) groups excluding carboxylic acids is 1. The van der Waals surface area contributed by atoms with Gasteiger partial charge in [0.1, 0.15) is 16.7 Å². The molecule has 0 aliphatic carbocycles. The average Bonchev–Trinajstić information content (AvgIpc) is 3.10. The summed E-state index contributed by atoms with van der Waals surface area (Å²) in [6.45, 7) is 0.808. The van der Waals surface area contributed by atoms with Crippen molar-refractivity contribution in [3.05, 3.63) is 64.4 Å². The molecule has 1 N–H and O–H groups in total. The summed E-state index contributed by atoms with van der Waals surface area (Å²) in [6.07, 6.45) is 3.35. The minimum atomic E-state index is -3.71. The van der Waals surface area contributed by atoms with E-state index in [1.807, 2.05) is 12.1 Å². The Morgan fingerprint density at radius 1 is 1.26 bits per heavy atom. The highest BCUT2D eigenvalue weighted by atomic mass is 32.2. The van der Waals surface area contributed by atoms with Crippen LogP contribution in [0.15, 0.2) is 69.3 Å². The first-order chi connectivity index (χ1) is 12.8. The van der Waals surface area contributed by atoms with E-state index in [1.54, 1.807) is 49.3 Å². The highest BCUT2D eigenvalue weighted by Gasteiger charge is 2.35. The highest BCUT2D eigenvalue weighted by molar-refractivity contribution is 7.95. The smallest absolute Gasteiger partial charge is 0.266 e. The number of hydrogen-bond acceptors (Lipinski definition) is 6. The molecular formula is C19H20N4O3S. The van der Waals surface area contributed by atoms with Crippen LogP contribution in [0.2, 0.25) is 0 Å². The van der Waals surface area contributed by atoms with Gasteiger partial charge < -0.3 is 15.1 Å². The third-order valence-corrected chi connectivity index (χ3v) is 6.15. The number of benzene rings is 1. The van der Waals surface area contributed by atoms with Crippen molar-refractivity contribution in [1.29, 1.82) is 5.26 Å². The van der Waals surface area contributed by atoms with Crippen molar-refractivity contribution in [2.45, 2.75) is 4.90 Å². The van der Waals surface area contributed by atoms with Crippen LogP contribution in [0, 0.1) is 11.3 Å². The standard InChI is InChI=1S/C19H20N4O3S/c1-22(2)11-15(10-20)19(24)23-12-14-8-9-21-18(17(14)13-23)27(25,26)16-6-4-3-5-7-16/h3-8,11,21H,9,12-13H2,1-2H3. The maximum absolute atomic E-state index is 13.0. The number of carbonyl (C=O) groups is 1. The molecule has 0 saturated carbocycles. The van der Waals surface area contributed by atoms with Gasteiger partial charge in [-0.05, 0) is 17.7 Å². The summed E-state index contributed by atoms with van der Waals surface area (Å²) < 4.78 is 26.0. The van der Waals surface area contributed by atoms with Crippen LogP contribution in [0.4, 0.5) is 0 Å². The second-order valence-electron chi connectivity index (χ2n) is 6.51. The summed E-state index contributed by atoms with van der Waals surface area (Å²) in [6, 6.07) is 10.1. The summed E-state index contributed by atoms with van der Waals surface area (Å²) in [4.78, 5) is 16.0. The molecule has 27 heavy (non-hydrogen) atoms. The van der Waals surface area contributed by atoms with Crippen LogP contribution in [-0.2, 0) is 14.6 Å². The molecule has 1 aromatic carbocycles. The Kier molecular flexibility index (Phi) is 5.06. The van der Waals surface area contributed by atoms with Crippen molar-refractivity contribution >= 4 is 15.7 Å². The topological polar surface area (TPSA) is 93.5 Å². The monoisotopic (exact) mass is 384 g/mol. The summed E-state index contributed by atoms with van der Waals surface area (Å²) in [7, 11) is -0.248. The van der Waals surface area contributed by atoms with Crippen molar-refractivity contribution in [3.63, 3.8) is 0 Å². The predicted octanol–water partition coefficient (Wildman–Crippen LogP) is 1.01. The van der Waals surface area contributed by atoms with E-state index >= 15 is 0 Å². The van der Waals surface area contributed by atoms with Gasteiger partial charge in [0.2, 0.25) is 9.84 Å². The molecule has 140 valence electrons. The van der Waals surface area contributed by atoms with E-state index in [2.05, 4.69) is 5.32 Å². The molecule has 0 atom stereocenters. The third-order valence-electron chi connectivity index (χ3n) is 4.33. The largest absolute Gasteiger partial charge is 0.382 e. The van der Waals surface area contributed by atoms with Gasteiger partial charge in [0.15, 0.2) is 0 Å². The minimum absolute atomic E-state index is 0.0141. The lowest BCUT2D eigenvalue weighted by Gasteiger charge is -2.18. The van der Waals surface area contributed by atoms with Gasteiger partial charge in [0.25, 0.3) is 5.91 Å². The van der Waals surface area contributed by atoms with Gasteiger partial charge >= 0.3 is 0 Å².